The summed E-state index contributed by atoms with van der Waals surface area (Å²) in [5, 5.41) is 3.02. The molecule has 14 heavy (non-hydrogen) atoms. The van der Waals surface area contributed by atoms with E-state index in [-0.39, 0.29) is 18.1 Å². The zero-order valence-corrected chi connectivity index (χ0v) is 9.43. The number of rotatable bonds is 6. The third kappa shape index (κ3) is 9.26. The van der Waals surface area contributed by atoms with Crippen LogP contribution < -0.4 is 5.32 Å². The molecule has 0 aliphatic rings. The largest absolute Gasteiger partial charge is 0.459 e. The van der Waals surface area contributed by atoms with Crippen molar-refractivity contribution in [2.45, 2.75) is 39.2 Å². The fraction of sp³-hybridized carbons (Fsp3) is 0.727. The third-order valence-corrected chi connectivity index (χ3v) is 1.45. The molecule has 0 amide bonds. The lowest BCUT2D eigenvalue weighted by atomic mass is 10.2. The number of carbonyl (C=O) groups is 1. The van der Waals surface area contributed by atoms with Crippen LogP contribution in [0.1, 0.15) is 33.6 Å². The smallest absolute Gasteiger partial charge is 0.320 e. The van der Waals surface area contributed by atoms with Gasteiger partial charge in [0.05, 0.1) is 6.54 Å². The molecule has 0 unspecified atom stereocenters. The monoisotopic (exact) mass is 199 g/mol. The summed E-state index contributed by atoms with van der Waals surface area (Å²) < 4.78 is 5.12. The van der Waals surface area contributed by atoms with Gasteiger partial charge in [-0.2, -0.15) is 0 Å². The predicted molar refractivity (Wildman–Crippen MR) is 58.1 cm³/mol. The Hall–Kier alpha value is -0.830. The summed E-state index contributed by atoms with van der Waals surface area (Å²) in [7, 11) is 0. The minimum atomic E-state index is -0.389. The molecule has 0 heterocycles. The summed E-state index contributed by atoms with van der Waals surface area (Å²) in [6.45, 7) is 10.3. The van der Waals surface area contributed by atoms with E-state index in [1.165, 1.54) is 0 Å². The molecule has 0 atom stereocenters. The predicted octanol–water partition coefficient (Wildman–Crippen LogP) is 1.88. The highest BCUT2D eigenvalue weighted by Crippen LogP contribution is 2.06. The molecule has 0 aliphatic carbocycles. The molecular weight excluding hydrogens is 178 g/mol. The number of hydrogen-bond acceptors (Lipinski definition) is 3. The van der Waals surface area contributed by atoms with Crippen LogP contribution >= 0.6 is 0 Å². The van der Waals surface area contributed by atoms with E-state index in [4.69, 9.17) is 4.74 Å². The van der Waals surface area contributed by atoms with Gasteiger partial charge >= 0.3 is 5.97 Å². The van der Waals surface area contributed by atoms with E-state index in [9.17, 15) is 4.79 Å². The van der Waals surface area contributed by atoms with Crippen molar-refractivity contribution in [3.05, 3.63) is 12.7 Å². The molecule has 82 valence electrons. The number of unbranched alkanes of at least 4 members (excludes halogenated alkanes) is 1. The van der Waals surface area contributed by atoms with Crippen molar-refractivity contribution < 1.29 is 9.53 Å². The number of allylic oxidation sites excluding steroid dienone is 1. The highest BCUT2D eigenvalue weighted by molar-refractivity contribution is 5.72. The zero-order chi connectivity index (χ0) is 11.0. The van der Waals surface area contributed by atoms with Crippen LogP contribution in [0.15, 0.2) is 12.7 Å². The fourth-order valence-corrected chi connectivity index (χ4v) is 0.939. The summed E-state index contributed by atoms with van der Waals surface area (Å²) >= 11 is 0. The van der Waals surface area contributed by atoms with Crippen LogP contribution in [-0.2, 0) is 9.53 Å². The molecule has 0 aromatic rings. The van der Waals surface area contributed by atoms with Crippen molar-refractivity contribution in [1.29, 1.82) is 0 Å². The van der Waals surface area contributed by atoms with Crippen LogP contribution in [0.5, 0.6) is 0 Å². The lowest BCUT2D eigenvalue weighted by Gasteiger charge is -2.19. The Balaban J connectivity index is 3.41. The van der Waals surface area contributed by atoms with Gasteiger partial charge in [-0.3, -0.25) is 4.79 Å². The second-order valence-corrected chi connectivity index (χ2v) is 4.19. The molecule has 0 radical (unpaired) electrons. The first-order chi connectivity index (χ1) is 6.45. The third-order valence-electron chi connectivity index (χ3n) is 1.45. The number of ether oxygens (including phenoxy) is 1. The molecule has 0 saturated carbocycles. The minimum Gasteiger partial charge on any atom is -0.459 e. The van der Waals surface area contributed by atoms with E-state index < -0.39 is 0 Å². The van der Waals surface area contributed by atoms with Crippen molar-refractivity contribution in [1.82, 2.24) is 5.32 Å². The van der Waals surface area contributed by atoms with Gasteiger partial charge in [0.2, 0.25) is 0 Å². The van der Waals surface area contributed by atoms with Crippen molar-refractivity contribution in [3.63, 3.8) is 0 Å². The van der Waals surface area contributed by atoms with Crippen LogP contribution in [-0.4, -0.2) is 24.7 Å². The second-order valence-electron chi connectivity index (χ2n) is 4.19. The SMILES string of the molecule is C=CCCCNCC(=O)OC(C)(C)C. The lowest BCUT2D eigenvalue weighted by Crippen LogP contribution is -2.31. The number of esters is 1. The topological polar surface area (TPSA) is 38.3 Å². The van der Waals surface area contributed by atoms with Gasteiger partial charge in [-0.25, -0.2) is 0 Å². The molecule has 0 aromatic carbocycles. The lowest BCUT2D eigenvalue weighted by molar-refractivity contribution is -0.153. The number of hydrogen-bond donors (Lipinski definition) is 1. The Morgan fingerprint density at radius 1 is 1.50 bits per heavy atom. The molecule has 3 nitrogen and oxygen atoms in total. The Kier molecular flexibility index (Phi) is 6.21. The molecular formula is C11H21NO2. The van der Waals surface area contributed by atoms with E-state index >= 15 is 0 Å². The van der Waals surface area contributed by atoms with Crippen LogP contribution in [0.4, 0.5) is 0 Å². The molecule has 0 saturated heterocycles. The van der Waals surface area contributed by atoms with E-state index in [1.54, 1.807) is 0 Å². The Morgan fingerprint density at radius 3 is 2.64 bits per heavy atom. The average molecular weight is 199 g/mol. The maximum atomic E-state index is 11.2. The average Bonchev–Trinajstić information content (AvgIpc) is 2.00. The van der Waals surface area contributed by atoms with E-state index in [0.717, 1.165) is 19.4 Å². The maximum absolute atomic E-state index is 11.2. The molecule has 0 bridgehead atoms. The van der Waals surface area contributed by atoms with E-state index in [1.807, 2.05) is 26.8 Å². The second kappa shape index (κ2) is 6.60. The molecule has 0 aromatic heterocycles. The van der Waals surface area contributed by atoms with Crippen LogP contribution in [0.2, 0.25) is 0 Å². The van der Waals surface area contributed by atoms with E-state index in [2.05, 4.69) is 11.9 Å². The molecule has 0 spiro atoms. The Labute approximate surface area is 86.5 Å². The van der Waals surface area contributed by atoms with Crippen LogP contribution in [0, 0.1) is 0 Å². The first-order valence-corrected chi connectivity index (χ1v) is 4.99. The van der Waals surface area contributed by atoms with Crippen molar-refractivity contribution >= 4 is 5.97 Å². The van der Waals surface area contributed by atoms with Gasteiger partial charge in [-0.15, -0.1) is 6.58 Å². The summed E-state index contributed by atoms with van der Waals surface area (Å²) in [5.41, 5.74) is -0.389. The maximum Gasteiger partial charge on any atom is 0.320 e. The normalized spacial score (nSPS) is 11.1. The molecule has 0 rings (SSSR count). The quantitative estimate of drug-likeness (QED) is 0.403. The zero-order valence-electron chi connectivity index (χ0n) is 9.43. The fourth-order valence-electron chi connectivity index (χ4n) is 0.939. The summed E-state index contributed by atoms with van der Waals surface area (Å²) in [5.74, 6) is -0.198. The van der Waals surface area contributed by atoms with Gasteiger partial charge in [0.1, 0.15) is 5.60 Å². The van der Waals surface area contributed by atoms with E-state index in [0.29, 0.717) is 0 Å². The highest BCUT2D eigenvalue weighted by Gasteiger charge is 2.15. The van der Waals surface area contributed by atoms with Crippen LogP contribution in [0.25, 0.3) is 0 Å². The first kappa shape index (κ1) is 13.2. The van der Waals surface area contributed by atoms with Crippen LogP contribution in [0.3, 0.4) is 0 Å². The van der Waals surface area contributed by atoms with Gasteiger partial charge in [0, 0.05) is 0 Å². The number of nitrogens with one attached hydrogen (secondary N) is 1. The van der Waals surface area contributed by atoms with Gasteiger partial charge < -0.3 is 10.1 Å². The van der Waals surface area contributed by atoms with Gasteiger partial charge in [-0.1, -0.05) is 6.08 Å². The standard InChI is InChI=1S/C11H21NO2/c1-5-6-7-8-12-9-10(13)14-11(2,3)4/h5,12H,1,6-9H2,2-4H3. The minimum absolute atomic E-state index is 0.198. The summed E-state index contributed by atoms with van der Waals surface area (Å²) in [6, 6.07) is 0. The van der Waals surface area contributed by atoms with Gasteiger partial charge in [0.25, 0.3) is 0 Å². The first-order valence-electron chi connectivity index (χ1n) is 4.99. The molecule has 0 aliphatic heterocycles. The van der Waals surface area contributed by atoms with Gasteiger partial charge in [0.15, 0.2) is 0 Å². The van der Waals surface area contributed by atoms with Crippen molar-refractivity contribution in [2.75, 3.05) is 13.1 Å². The highest BCUT2D eigenvalue weighted by atomic mass is 16.6. The Bertz CT molecular complexity index is 182. The van der Waals surface area contributed by atoms with Crippen molar-refractivity contribution in [3.8, 4) is 0 Å². The molecule has 1 N–H and O–H groups in total. The summed E-state index contributed by atoms with van der Waals surface area (Å²) in [6.07, 6.45) is 3.85. The van der Waals surface area contributed by atoms with Crippen molar-refractivity contribution in [2.24, 2.45) is 0 Å². The molecule has 0 fully saturated rings. The Morgan fingerprint density at radius 2 is 2.14 bits per heavy atom. The summed E-state index contributed by atoms with van der Waals surface area (Å²) in [4.78, 5) is 11.2. The molecule has 3 heteroatoms. The van der Waals surface area contributed by atoms with Gasteiger partial charge in [-0.05, 0) is 40.2 Å². The number of carbonyl (C=O) groups excluding carboxylic acids is 1.